The Morgan fingerprint density at radius 2 is 2.44 bits per heavy atom. The third kappa shape index (κ3) is 2.55. The number of alkyl halides is 1. The van der Waals surface area contributed by atoms with Crippen LogP contribution in [0.5, 0.6) is 0 Å². The van der Waals surface area contributed by atoms with E-state index in [1.807, 2.05) is 0 Å². The van der Waals surface area contributed by atoms with E-state index in [9.17, 15) is 0 Å². The molecule has 0 spiro atoms. The predicted molar refractivity (Wildman–Crippen MR) is 38.9 cm³/mol. The van der Waals surface area contributed by atoms with E-state index in [0.29, 0.717) is 0 Å². The Morgan fingerprint density at radius 1 is 1.56 bits per heavy atom. The summed E-state index contributed by atoms with van der Waals surface area (Å²) in [5.74, 6) is 1.53. The van der Waals surface area contributed by atoms with Gasteiger partial charge in [-0.3, -0.25) is 0 Å². The van der Waals surface area contributed by atoms with Crippen LogP contribution in [0.1, 0.15) is 19.3 Å². The minimum absolute atomic E-state index is 0.747. The zero-order valence-electron chi connectivity index (χ0n) is 5.61. The summed E-state index contributed by atoms with van der Waals surface area (Å²) in [6, 6.07) is 0. The van der Waals surface area contributed by atoms with Gasteiger partial charge in [0, 0.05) is 19.1 Å². The van der Waals surface area contributed by atoms with Crippen LogP contribution in [0.4, 0.5) is 0 Å². The monoisotopic (exact) mass is 148 g/mol. The second-order valence-electron chi connectivity index (χ2n) is 2.56. The van der Waals surface area contributed by atoms with Crippen molar-refractivity contribution in [1.29, 1.82) is 0 Å². The van der Waals surface area contributed by atoms with Crippen LogP contribution >= 0.6 is 11.6 Å². The Labute approximate surface area is 61.3 Å². The van der Waals surface area contributed by atoms with E-state index < -0.39 is 0 Å². The van der Waals surface area contributed by atoms with Crippen LogP contribution in [0.3, 0.4) is 0 Å². The molecule has 0 radical (unpaired) electrons. The van der Waals surface area contributed by atoms with Crippen molar-refractivity contribution in [3.63, 3.8) is 0 Å². The van der Waals surface area contributed by atoms with Gasteiger partial charge in [0.1, 0.15) is 0 Å². The average molecular weight is 149 g/mol. The van der Waals surface area contributed by atoms with Crippen LogP contribution < -0.4 is 0 Å². The zero-order chi connectivity index (χ0) is 6.53. The summed E-state index contributed by atoms with van der Waals surface area (Å²) < 4.78 is 5.28. The molecule has 0 aromatic heterocycles. The quantitative estimate of drug-likeness (QED) is 0.545. The first-order valence-electron chi connectivity index (χ1n) is 3.57. The van der Waals surface area contributed by atoms with E-state index in [4.69, 9.17) is 16.3 Å². The number of rotatable bonds is 2. The Balaban J connectivity index is 2.08. The van der Waals surface area contributed by atoms with Gasteiger partial charge in [0.15, 0.2) is 0 Å². The number of halogens is 1. The molecule has 0 aromatic carbocycles. The van der Waals surface area contributed by atoms with Gasteiger partial charge in [0.25, 0.3) is 0 Å². The van der Waals surface area contributed by atoms with Crippen LogP contribution in [0, 0.1) is 5.92 Å². The molecule has 1 atom stereocenters. The van der Waals surface area contributed by atoms with E-state index in [1.165, 1.54) is 12.8 Å². The molecule has 1 fully saturated rings. The third-order valence-electron chi connectivity index (χ3n) is 1.77. The molecule has 1 rings (SSSR count). The summed E-state index contributed by atoms with van der Waals surface area (Å²) in [5.41, 5.74) is 0. The van der Waals surface area contributed by atoms with Crippen LogP contribution in [0.2, 0.25) is 0 Å². The third-order valence-corrected chi connectivity index (χ3v) is 1.99. The highest BCUT2D eigenvalue weighted by Crippen LogP contribution is 2.16. The van der Waals surface area contributed by atoms with Gasteiger partial charge in [-0.05, 0) is 25.2 Å². The normalized spacial score (nSPS) is 28.3. The summed E-state index contributed by atoms with van der Waals surface area (Å²) >= 11 is 5.58. The topological polar surface area (TPSA) is 9.23 Å². The molecule has 54 valence electrons. The molecule has 1 saturated heterocycles. The van der Waals surface area contributed by atoms with Gasteiger partial charge >= 0.3 is 0 Å². The maximum atomic E-state index is 5.58. The maximum absolute atomic E-state index is 5.58. The van der Waals surface area contributed by atoms with Gasteiger partial charge in [0.2, 0.25) is 0 Å². The lowest BCUT2D eigenvalue weighted by molar-refractivity contribution is 0.0538. The highest BCUT2D eigenvalue weighted by atomic mass is 35.5. The molecule has 1 aliphatic heterocycles. The smallest absolute Gasteiger partial charge is 0.0494 e. The molecule has 1 unspecified atom stereocenters. The lowest BCUT2D eigenvalue weighted by Crippen LogP contribution is -2.17. The molecular formula is C7H13ClO. The molecular weight excluding hydrogens is 136 g/mol. The Hall–Kier alpha value is 0.250. The van der Waals surface area contributed by atoms with Crippen molar-refractivity contribution >= 4 is 11.6 Å². The predicted octanol–water partition coefficient (Wildman–Crippen LogP) is 2.04. The fraction of sp³-hybridized carbons (Fsp3) is 1.00. The van der Waals surface area contributed by atoms with E-state index in [0.717, 1.165) is 31.4 Å². The molecule has 9 heavy (non-hydrogen) atoms. The summed E-state index contributed by atoms with van der Waals surface area (Å²) in [7, 11) is 0. The Morgan fingerprint density at radius 3 is 3.00 bits per heavy atom. The minimum Gasteiger partial charge on any atom is -0.381 e. The molecule has 0 amide bonds. The van der Waals surface area contributed by atoms with Gasteiger partial charge in [-0.1, -0.05) is 0 Å². The van der Waals surface area contributed by atoms with E-state index in [2.05, 4.69) is 0 Å². The van der Waals surface area contributed by atoms with Gasteiger partial charge in [0.05, 0.1) is 0 Å². The molecule has 2 heteroatoms. The molecule has 0 N–H and O–H groups in total. The van der Waals surface area contributed by atoms with Crippen molar-refractivity contribution < 1.29 is 4.74 Å². The van der Waals surface area contributed by atoms with Crippen LogP contribution in [0.15, 0.2) is 0 Å². The van der Waals surface area contributed by atoms with Crippen molar-refractivity contribution in [2.45, 2.75) is 19.3 Å². The van der Waals surface area contributed by atoms with Crippen LogP contribution in [-0.2, 0) is 4.74 Å². The van der Waals surface area contributed by atoms with Crippen molar-refractivity contribution in [3.05, 3.63) is 0 Å². The zero-order valence-corrected chi connectivity index (χ0v) is 6.36. The molecule has 0 aromatic rings. The van der Waals surface area contributed by atoms with E-state index >= 15 is 0 Å². The largest absolute Gasteiger partial charge is 0.381 e. The Bertz CT molecular complexity index is 66.6. The van der Waals surface area contributed by atoms with Gasteiger partial charge < -0.3 is 4.74 Å². The van der Waals surface area contributed by atoms with Crippen molar-refractivity contribution in [2.24, 2.45) is 5.92 Å². The first-order chi connectivity index (χ1) is 4.43. The Kier molecular flexibility index (Phi) is 3.37. The summed E-state index contributed by atoms with van der Waals surface area (Å²) in [6.07, 6.45) is 3.66. The van der Waals surface area contributed by atoms with Crippen molar-refractivity contribution in [1.82, 2.24) is 0 Å². The average Bonchev–Trinajstić information content (AvgIpc) is 1.91. The standard InChI is InChI=1S/C7H13ClO/c8-4-3-7-2-1-5-9-6-7/h7H,1-6H2. The number of hydrogen-bond acceptors (Lipinski definition) is 1. The van der Waals surface area contributed by atoms with Crippen LogP contribution in [-0.4, -0.2) is 19.1 Å². The highest BCUT2D eigenvalue weighted by molar-refractivity contribution is 6.17. The lowest BCUT2D eigenvalue weighted by Gasteiger charge is -2.20. The molecule has 1 nitrogen and oxygen atoms in total. The van der Waals surface area contributed by atoms with Gasteiger partial charge in [-0.25, -0.2) is 0 Å². The second kappa shape index (κ2) is 4.13. The summed E-state index contributed by atoms with van der Waals surface area (Å²) in [4.78, 5) is 0. The fourth-order valence-electron chi connectivity index (χ4n) is 1.19. The summed E-state index contributed by atoms with van der Waals surface area (Å²) in [5, 5.41) is 0. The second-order valence-corrected chi connectivity index (χ2v) is 2.94. The van der Waals surface area contributed by atoms with Gasteiger partial charge in [-0.2, -0.15) is 0 Å². The molecule has 0 saturated carbocycles. The minimum atomic E-state index is 0.747. The summed E-state index contributed by atoms with van der Waals surface area (Å²) in [6.45, 7) is 1.89. The van der Waals surface area contributed by atoms with E-state index in [1.54, 1.807) is 0 Å². The molecule has 1 aliphatic rings. The van der Waals surface area contributed by atoms with Crippen molar-refractivity contribution in [3.8, 4) is 0 Å². The first-order valence-corrected chi connectivity index (χ1v) is 4.10. The number of hydrogen-bond donors (Lipinski definition) is 0. The SMILES string of the molecule is ClCCC1CCCOC1. The van der Waals surface area contributed by atoms with Crippen LogP contribution in [0.25, 0.3) is 0 Å². The van der Waals surface area contributed by atoms with Crippen molar-refractivity contribution in [2.75, 3.05) is 19.1 Å². The molecule has 0 bridgehead atoms. The molecule has 1 heterocycles. The fourth-order valence-corrected chi connectivity index (χ4v) is 1.50. The maximum Gasteiger partial charge on any atom is 0.0494 e. The lowest BCUT2D eigenvalue weighted by atomic mass is 10.00. The molecule has 0 aliphatic carbocycles. The van der Waals surface area contributed by atoms with E-state index in [-0.39, 0.29) is 0 Å². The highest BCUT2D eigenvalue weighted by Gasteiger charge is 2.11. The van der Waals surface area contributed by atoms with Gasteiger partial charge in [-0.15, -0.1) is 11.6 Å². The first kappa shape index (κ1) is 7.36. The number of ether oxygens (including phenoxy) is 1.